The molecule has 0 radical (unpaired) electrons. The summed E-state index contributed by atoms with van der Waals surface area (Å²) in [5.74, 6) is -0.103. The number of carbonyl (C=O) groups is 1. The maximum Gasteiger partial charge on any atom is 0.252 e. The second-order valence-electron chi connectivity index (χ2n) is 4.54. The molecule has 1 aliphatic rings. The summed E-state index contributed by atoms with van der Waals surface area (Å²) in [6.45, 7) is 3.64. The van der Waals surface area contributed by atoms with E-state index in [4.69, 9.17) is 23.1 Å². The maximum atomic E-state index is 11.4. The van der Waals surface area contributed by atoms with Crippen LogP contribution < -0.4 is 16.4 Å². The van der Waals surface area contributed by atoms with Crippen molar-refractivity contribution in [2.45, 2.75) is 13.0 Å². The van der Waals surface area contributed by atoms with Gasteiger partial charge in [0.1, 0.15) is 0 Å². The first kappa shape index (κ1) is 12.2. The molecule has 0 spiro atoms. The molecule has 0 bridgehead atoms. The van der Waals surface area contributed by atoms with E-state index in [0.29, 0.717) is 16.5 Å². The number of anilines is 1. The van der Waals surface area contributed by atoms with Crippen LogP contribution in [0, 0.1) is 5.92 Å². The normalized spacial score (nSPS) is 24.1. The molecule has 0 aromatic heterocycles. The Morgan fingerprint density at radius 2 is 2.18 bits per heavy atom. The first-order valence-corrected chi connectivity index (χ1v) is 5.97. The predicted octanol–water partition coefficient (Wildman–Crippen LogP) is 1.22. The first-order valence-electron chi connectivity index (χ1n) is 5.59. The molecule has 1 aromatic rings. The van der Waals surface area contributed by atoms with E-state index in [9.17, 15) is 4.79 Å². The van der Waals surface area contributed by atoms with Gasteiger partial charge in [0.25, 0.3) is 5.91 Å². The van der Waals surface area contributed by atoms with Crippen molar-refractivity contribution >= 4 is 23.2 Å². The minimum absolute atomic E-state index is 0.120. The average molecular weight is 254 g/mol. The minimum atomic E-state index is -0.501. The van der Waals surface area contributed by atoms with Gasteiger partial charge in [-0.2, -0.15) is 0 Å². The number of nitrogens with zero attached hydrogens (tertiary/aromatic N) is 1. The van der Waals surface area contributed by atoms with Gasteiger partial charge >= 0.3 is 0 Å². The Bertz CT molecular complexity index is 439. The van der Waals surface area contributed by atoms with Crippen molar-refractivity contribution in [2.24, 2.45) is 17.4 Å². The van der Waals surface area contributed by atoms with E-state index in [-0.39, 0.29) is 6.04 Å². The lowest BCUT2D eigenvalue weighted by molar-refractivity contribution is 0.100. The van der Waals surface area contributed by atoms with Gasteiger partial charge in [-0.3, -0.25) is 4.79 Å². The quantitative estimate of drug-likeness (QED) is 0.833. The molecule has 2 rings (SSSR count). The van der Waals surface area contributed by atoms with Crippen molar-refractivity contribution in [3.63, 3.8) is 0 Å². The molecule has 2 atom stereocenters. The number of primary amides is 1. The van der Waals surface area contributed by atoms with Crippen LogP contribution in [0.3, 0.4) is 0 Å². The van der Waals surface area contributed by atoms with Gasteiger partial charge in [-0.1, -0.05) is 24.6 Å². The molecule has 1 heterocycles. The Morgan fingerprint density at radius 3 is 2.71 bits per heavy atom. The largest absolute Gasteiger partial charge is 0.369 e. The Balaban J connectivity index is 2.39. The molecular weight excluding hydrogens is 238 g/mol. The summed E-state index contributed by atoms with van der Waals surface area (Å²) in [6.07, 6.45) is 0. The molecule has 1 saturated heterocycles. The van der Waals surface area contributed by atoms with Crippen LogP contribution in [-0.2, 0) is 0 Å². The SMILES string of the molecule is CC1CN(c2cccc(Cl)c2C(N)=O)CC1N. The molecule has 4 nitrogen and oxygen atoms in total. The first-order chi connectivity index (χ1) is 8.00. The third-order valence-corrected chi connectivity index (χ3v) is 3.56. The number of hydrogen-bond acceptors (Lipinski definition) is 3. The van der Waals surface area contributed by atoms with E-state index < -0.39 is 5.91 Å². The standard InChI is InChI=1S/C12H16ClN3O/c1-7-5-16(6-9(7)14)10-4-2-3-8(13)11(10)12(15)17/h2-4,7,9H,5-6,14H2,1H3,(H2,15,17). The molecule has 1 amide bonds. The van der Waals surface area contributed by atoms with Gasteiger partial charge < -0.3 is 16.4 Å². The van der Waals surface area contributed by atoms with Crippen LogP contribution in [0.4, 0.5) is 5.69 Å². The highest BCUT2D eigenvalue weighted by Crippen LogP contribution is 2.30. The Morgan fingerprint density at radius 1 is 1.47 bits per heavy atom. The monoisotopic (exact) mass is 253 g/mol. The summed E-state index contributed by atoms with van der Waals surface area (Å²) in [7, 11) is 0. The van der Waals surface area contributed by atoms with Crippen LogP contribution in [0.5, 0.6) is 0 Å². The number of amides is 1. The third-order valence-electron chi connectivity index (χ3n) is 3.25. The van der Waals surface area contributed by atoms with Crippen molar-refractivity contribution < 1.29 is 4.79 Å². The molecule has 1 aromatic carbocycles. The Hall–Kier alpha value is -1.26. The molecule has 1 aliphatic heterocycles. The van der Waals surface area contributed by atoms with Crippen LogP contribution in [0.25, 0.3) is 0 Å². The van der Waals surface area contributed by atoms with Crippen LogP contribution >= 0.6 is 11.6 Å². The molecule has 0 aliphatic carbocycles. The second kappa shape index (κ2) is 4.55. The summed E-state index contributed by atoms with van der Waals surface area (Å²) in [6, 6.07) is 5.47. The lowest BCUT2D eigenvalue weighted by Crippen LogP contribution is -2.29. The number of benzene rings is 1. The molecular formula is C12H16ClN3O. The zero-order valence-corrected chi connectivity index (χ0v) is 10.4. The van der Waals surface area contributed by atoms with Crippen molar-refractivity contribution in [1.82, 2.24) is 0 Å². The summed E-state index contributed by atoms with van der Waals surface area (Å²) in [5, 5.41) is 0.392. The molecule has 4 N–H and O–H groups in total. The average Bonchev–Trinajstić information content (AvgIpc) is 2.58. The topological polar surface area (TPSA) is 72.3 Å². The third kappa shape index (κ3) is 2.23. The predicted molar refractivity (Wildman–Crippen MR) is 69.3 cm³/mol. The minimum Gasteiger partial charge on any atom is -0.369 e. The fourth-order valence-corrected chi connectivity index (χ4v) is 2.47. The van der Waals surface area contributed by atoms with E-state index in [1.165, 1.54) is 0 Å². The van der Waals surface area contributed by atoms with Gasteiger partial charge in [0.05, 0.1) is 16.3 Å². The molecule has 5 heteroatoms. The molecule has 0 saturated carbocycles. The summed E-state index contributed by atoms with van der Waals surface area (Å²) < 4.78 is 0. The fraction of sp³-hybridized carbons (Fsp3) is 0.417. The van der Waals surface area contributed by atoms with Gasteiger partial charge in [-0.25, -0.2) is 0 Å². The van der Waals surface area contributed by atoms with Crippen molar-refractivity contribution in [3.8, 4) is 0 Å². The van der Waals surface area contributed by atoms with Crippen molar-refractivity contribution in [3.05, 3.63) is 28.8 Å². The Labute approximate surface area is 106 Å². The van der Waals surface area contributed by atoms with Crippen LogP contribution in [0.2, 0.25) is 5.02 Å². The van der Waals surface area contributed by atoms with Crippen molar-refractivity contribution in [2.75, 3.05) is 18.0 Å². The number of rotatable bonds is 2. The van der Waals surface area contributed by atoms with Gasteiger partial charge in [-0.15, -0.1) is 0 Å². The van der Waals surface area contributed by atoms with Crippen LogP contribution in [0.1, 0.15) is 17.3 Å². The smallest absolute Gasteiger partial charge is 0.252 e. The highest BCUT2D eigenvalue weighted by atomic mass is 35.5. The zero-order chi connectivity index (χ0) is 12.6. The zero-order valence-electron chi connectivity index (χ0n) is 9.69. The molecule has 2 unspecified atom stereocenters. The summed E-state index contributed by atoms with van der Waals surface area (Å²) in [4.78, 5) is 13.5. The lowest BCUT2D eigenvalue weighted by atomic mass is 10.1. The summed E-state index contributed by atoms with van der Waals surface area (Å²) in [5.41, 5.74) is 12.5. The number of hydrogen-bond donors (Lipinski definition) is 2. The van der Waals surface area contributed by atoms with E-state index >= 15 is 0 Å². The highest BCUT2D eigenvalue weighted by molar-refractivity contribution is 6.34. The molecule has 17 heavy (non-hydrogen) atoms. The summed E-state index contributed by atoms with van der Waals surface area (Å²) >= 11 is 6.02. The number of nitrogens with two attached hydrogens (primary N) is 2. The van der Waals surface area contributed by atoms with Gasteiger partial charge in [-0.05, 0) is 18.1 Å². The van der Waals surface area contributed by atoms with Gasteiger partial charge in [0.2, 0.25) is 0 Å². The number of carbonyl (C=O) groups excluding carboxylic acids is 1. The number of halogens is 1. The molecule has 92 valence electrons. The fourth-order valence-electron chi connectivity index (χ4n) is 2.21. The van der Waals surface area contributed by atoms with E-state index in [2.05, 4.69) is 11.8 Å². The van der Waals surface area contributed by atoms with Gasteiger partial charge in [0, 0.05) is 19.1 Å². The van der Waals surface area contributed by atoms with Crippen LogP contribution in [0.15, 0.2) is 18.2 Å². The van der Waals surface area contributed by atoms with Crippen molar-refractivity contribution in [1.29, 1.82) is 0 Å². The second-order valence-corrected chi connectivity index (χ2v) is 4.95. The maximum absolute atomic E-state index is 11.4. The highest BCUT2D eigenvalue weighted by Gasteiger charge is 2.29. The molecule has 1 fully saturated rings. The Kier molecular flexibility index (Phi) is 3.26. The van der Waals surface area contributed by atoms with E-state index in [1.54, 1.807) is 6.07 Å². The van der Waals surface area contributed by atoms with Gasteiger partial charge in [0.15, 0.2) is 0 Å². The lowest BCUT2D eigenvalue weighted by Gasteiger charge is -2.21. The van der Waals surface area contributed by atoms with E-state index in [1.807, 2.05) is 12.1 Å². The van der Waals surface area contributed by atoms with E-state index in [0.717, 1.165) is 18.8 Å². The van der Waals surface area contributed by atoms with Crippen LogP contribution in [-0.4, -0.2) is 25.0 Å².